The minimum atomic E-state index is 0.0997. The van der Waals surface area contributed by atoms with Crippen LogP contribution in [0, 0.1) is 5.41 Å². The molecule has 2 aromatic heterocycles. The normalized spacial score (nSPS) is 27.1. The number of benzene rings is 1. The summed E-state index contributed by atoms with van der Waals surface area (Å²) in [7, 11) is 0. The molecule has 0 amide bonds. The van der Waals surface area contributed by atoms with Crippen molar-refractivity contribution in [2.45, 2.75) is 50.2 Å². The Bertz CT molecular complexity index is 1070. The van der Waals surface area contributed by atoms with Crippen molar-refractivity contribution in [1.82, 2.24) is 15.0 Å². The summed E-state index contributed by atoms with van der Waals surface area (Å²) in [5.41, 5.74) is 11.2. The molecule has 1 saturated carbocycles. The molecule has 1 aromatic carbocycles. The standard InChI is InChI=1S/C24H29N5O/c1-16-21(25)23(15-30-16)9-11-29(12-10-23)19-14-26-20-18(13-27-22(20)28-19)24(7-8-24)17-5-3-2-4-6-17/h2-6,13-14,16,21H,7-12,15,25H2,1H3,(H,27,28)/t16-,21+/m0/s1. The fraction of sp³-hybridized carbons (Fsp3) is 0.500. The maximum absolute atomic E-state index is 6.47. The Balaban J connectivity index is 1.25. The third-order valence-corrected chi connectivity index (χ3v) is 7.89. The van der Waals surface area contributed by atoms with Gasteiger partial charge < -0.3 is 20.4 Å². The van der Waals surface area contributed by atoms with E-state index in [4.69, 9.17) is 20.4 Å². The van der Waals surface area contributed by atoms with Crippen LogP contribution in [0.1, 0.15) is 43.7 Å². The van der Waals surface area contributed by atoms with Crippen LogP contribution in [0.3, 0.4) is 0 Å². The Morgan fingerprint density at radius 2 is 1.90 bits per heavy atom. The highest BCUT2D eigenvalue weighted by molar-refractivity contribution is 5.79. The van der Waals surface area contributed by atoms with Gasteiger partial charge in [0.05, 0.1) is 18.9 Å². The van der Waals surface area contributed by atoms with Gasteiger partial charge in [0.15, 0.2) is 5.65 Å². The Morgan fingerprint density at radius 1 is 1.13 bits per heavy atom. The number of aromatic nitrogens is 3. The summed E-state index contributed by atoms with van der Waals surface area (Å²) >= 11 is 0. The first-order valence-corrected chi connectivity index (χ1v) is 11.1. The lowest BCUT2D eigenvalue weighted by atomic mass is 9.73. The van der Waals surface area contributed by atoms with E-state index >= 15 is 0 Å². The number of H-pyrrole nitrogens is 1. The zero-order chi connectivity index (χ0) is 20.3. The van der Waals surface area contributed by atoms with Crippen molar-refractivity contribution >= 4 is 17.0 Å². The van der Waals surface area contributed by atoms with Crippen molar-refractivity contribution in [2.24, 2.45) is 11.1 Å². The lowest BCUT2D eigenvalue weighted by Gasteiger charge is -2.41. The van der Waals surface area contributed by atoms with Crippen LogP contribution in [-0.2, 0) is 10.2 Å². The molecular formula is C24H29N5O. The fourth-order valence-electron chi connectivity index (χ4n) is 5.65. The lowest BCUT2D eigenvalue weighted by Crippen LogP contribution is -2.50. The molecule has 30 heavy (non-hydrogen) atoms. The van der Waals surface area contributed by atoms with Crippen LogP contribution in [0.25, 0.3) is 11.2 Å². The van der Waals surface area contributed by atoms with E-state index in [1.54, 1.807) is 0 Å². The van der Waals surface area contributed by atoms with Crippen LogP contribution in [0.2, 0.25) is 0 Å². The van der Waals surface area contributed by atoms with Crippen molar-refractivity contribution in [2.75, 3.05) is 24.6 Å². The Morgan fingerprint density at radius 3 is 2.57 bits per heavy atom. The van der Waals surface area contributed by atoms with Crippen LogP contribution in [-0.4, -0.2) is 46.8 Å². The third-order valence-electron chi connectivity index (χ3n) is 7.89. The molecule has 4 heterocycles. The SMILES string of the molecule is C[C@@H]1OCC2(CCN(c3cnc4c(C5(c6ccccc6)CC5)c[nH]c4n3)CC2)[C@@H]1N. The molecule has 0 radical (unpaired) electrons. The predicted octanol–water partition coefficient (Wildman–Crippen LogP) is 3.37. The average molecular weight is 404 g/mol. The summed E-state index contributed by atoms with van der Waals surface area (Å²) in [6, 6.07) is 10.9. The molecule has 3 aliphatic rings. The molecule has 0 unspecified atom stereocenters. The molecule has 156 valence electrons. The van der Waals surface area contributed by atoms with Gasteiger partial charge in [-0.1, -0.05) is 30.3 Å². The third kappa shape index (κ3) is 2.63. The second-order valence-corrected chi connectivity index (χ2v) is 9.47. The first-order chi connectivity index (χ1) is 14.6. The molecule has 6 rings (SSSR count). The summed E-state index contributed by atoms with van der Waals surface area (Å²) in [4.78, 5) is 15.6. The zero-order valence-electron chi connectivity index (χ0n) is 17.5. The molecule has 3 aromatic rings. The highest BCUT2D eigenvalue weighted by atomic mass is 16.5. The maximum atomic E-state index is 6.47. The number of nitrogens with one attached hydrogen (secondary N) is 1. The quantitative estimate of drug-likeness (QED) is 0.701. The minimum absolute atomic E-state index is 0.0997. The fourth-order valence-corrected chi connectivity index (χ4v) is 5.65. The number of ether oxygens (including phenoxy) is 1. The van der Waals surface area contributed by atoms with Gasteiger partial charge >= 0.3 is 0 Å². The molecule has 3 fully saturated rings. The topological polar surface area (TPSA) is 80.1 Å². The molecule has 1 aliphatic carbocycles. The zero-order valence-corrected chi connectivity index (χ0v) is 17.5. The van der Waals surface area contributed by atoms with Crippen LogP contribution in [0.4, 0.5) is 5.82 Å². The molecule has 0 bridgehead atoms. The number of nitrogens with zero attached hydrogens (tertiary/aromatic N) is 3. The van der Waals surface area contributed by atoms with Gasteiger partial charge in [0, 0.05) is 41.7 Å². The van der Waals surface area contributed by atoms with E-state index in [1.807, 2.05) is 6.20 Å². The van der Waals surface area contributed by atoms with Crippen LogP contribution >= 0.6 is 0 Å². The smallest absolute Gasteiger partial charge is 0.158 e. The Labute approximate surface area is 176 Å². The first-order valence-electron chi connectivity index (χ1n) is 11.1. The van der Waals surface area contributed by atoms with Gasteiger partial charge in [0.1, 0.15) is 11.3 Å². The van der Waals surface area contributed by atoms with Gasteiger partial charge in [-0.2, -0.15) is 0 Å². The van der Waals surface area contributed by atoms with Gasteiger partial charge in [-0.25, -0.2) is 9.97 Å². The molecule has 6 nitrogen and oxygen atoms in total. The Hall–Kier alpha value is -2.44. The van der Waals surface area contributed by atoms with Crippen LogP contribution in [0.5, 0.6) is 0 Å². The van der Waals surface area contributed by atoms with Gasteiger partial charge in [-0.3, -0.25) is 0 Å². The van der Waals surface area contributed by atoms with Crippen molar-refractivity contribution in [1.29, 1.82) is 0 Å². The molecule has 1 spiro atoms. The summed E-state index contributed by atoms with van der Waals surface area (Å²) in [6.07, 6.45) is 8.66. The van der Waals surface area contributed by atoms with Gasteiger partial charge in [-0.15, -0.1) is 0 Å². The van der Waals surface area contributed by atoms with Crippen molar-refractivity contribution in [3.05, 3.63) is 53.9 Å². The van der Waals surface area contributed by atoms with E-state index in [0.29, 0.717) is 0 Å². The maximum Gasteiger partial charge on any atom is 0.158 e. The van der Waals surface area contributed by atoms with E-state index in [0.717, 1.165) is 49.5 Å². The van der Waals surface area contributed by atoms with Gasteiger partial charge in [0.25, 0.3) is 0 Å². The van der Waals surface area contributed by atoms with E-state index in [1.165, 1.54) is 24.0 Å². The molecule has 2 aliphatic heterocycles. The molecule has 2 saturated heterocycles. The summed E-state index contributed by atoms with van der Waals surface area (Å²) in [5, 5.41) is 0. The second kappa shape index (κ2) is 6.53. The summed E-state index contributed by atoms with van der Waals surface area (Å²) in [6.45, 7) is 4.78. The van der Waals surface area contributed by atoms with Crippen molar-refractivity contribution < 1.29 is 4.74 Å². The number of hydrogen-bond acceptors (Lipinski definition) is 5. The highest BCUT2D eigenvalue weighted by Gasteiger charge is 2.49. The molecular weight excluding hydrogens is 374 g/mol. The predicted molar refractivity (Wildman–Crippen MR) is 118 cm³/mol. The van der Waals surface area contributed by atoms with Gasteiger partial charge in [0.2, 0.25) is 0 Å². The molecule has 6 heteroatoms. The Kier molecular flexibility index (Phi) is 3.99. The van der Waals surface area contributed by atoms with E-state index in [-0.39, 0.29) is 23.0 Å². The first kappa shape index (κ1) is 18.3. The number of rotatable bonds is 3. The summed E-state index contributed by atoms with van der Waals surface area (Å²) < 4.78 is 5.86. The lowest BCUT2D eigenvalue weighted by molar-refractivity contribution is 0.0974. The number of fused-ring (bicyclic) bond motifs is 1. The van der Waals surface area contributed by atoms with E-state index in [2.05, 4.69) is 53.3 Å². The van der Waals surface area contributed by atoms with Crippen molar-refractivity contribution in [3.63, 3.8) is 0 Å². The van der Waals surface area contributed by atoms with Crippen LogP contribution in [0.15, 0.2) is 42.7 Å². The second-order valence-electron chi connectivity index (χ2n) is 9.47. The number of nitrogens with two attached hydrogens (primary N) is 1. The molecule has 3 N–H and O–H groups in total. The van der Waals surface area contributed by atoms with E-state index in [9.17, 15) is 0 Å². The molecule has 2 atom stereocenters. The minimum Gasteiger partial charge on any atom is -0.376 e. The highest BCUT2D eigenvalue weighted by Crippen LogP contribution is 2.54. The average Bonchev–Trinajstić information content (AvgIpc) is 3.42. The van der Waals surface area contributed by atoms with E-state index < -0.39 is 0 Å². The largest absolute Gasteiger partial charge is 0.376 e. The summed E-state index contributed by atoms with van der Waals surface area (Å²) in [5.74, 6) is 0.954. The van der Waals surface area contributed by atoms with Gasteiger partial charge in [-0.05, 0) is 38.2 Å². The van der Waals surface area contributed by atoms with Crippen molar-refractivity contribution in [3.8, 4) is 0 Å². The monoisotopic (exact) mass is 403 g/mol. The van der Waals surface area contributed by atoms with Crippen LogP contribution < -0.4 is 10.6 Å². The number of piperidine rings is 1. The number of aromatic amines is 1. The number of anilines is 1. The number of hydrogen-bond donors (Lipinski definition) is 2.